The Morgan fingerprint density at radius 2 is 1.44 bits per heavy atom. The summed E-state index contributed by atoms with van der Waals surface area (Å²) >= 11 is 0. The molecule has 0 unspecified atom stereocenters. The molecule has 1 aromatic carbocycles. The molecule has 0 spiro atoms. The Hall–Kier alpha value is -4.41. The van der Waals surface area contributed by atoms with E-state index in [0.29, 0.717) is 0 Å². The lowest BCUT2D eigenvalue weighted by atomic mass is 9.91. The summed E-state index contributed by atoms with van der Waals surface area (Å²) in [5.41, 5.74) is -3.14. The van der Waals surface area contributed by atoms with Crippen molar-refractivity contribution >= 4 is 40.4 Å². The van der Waals surface area contributed by atoms with Gasteiger partial charge in [-0.2, -0.15) is 0 Å². The summed E-state index contributed by atoms with van der Waals surface area (Å²) in [6.45, 7) is 4.50. The quantitative estimate of drug-likeness (QED) is 0.226. The zero-order valence-electron chi connectivity index (χ0n) is 19.1. The van der Waals surface area contributed by atoms with Crippen LogP contribution < -0.4 is 14.9 Å². The molecule has 2 aliphatic rings. The predicted octanol–water partition coefficient (Wildman–Crippen LogP) is 3.26. The van der Waals surface area contributed by atoms with E-state index in [9.17, 15) is 28.8 Å². The first-order valence-electron chi connectivity index (χ1n) is 9.79. The molecule has 0 amide bonds. The first-order valence-corrected chi connectivity index (χ1v) is 9.79. The molecular formula is C23H19NO10. The van der Waals surface area contributed by atoms with Crippen LogP contribution in [0.15, 0.2) is 15.3 Å². The van der Waals surface area contributed by atoms with E-state index in [1.165, 1.54) is 20.1 Å². The third-order valence-corrected chi connectivity index (χ3v) is 4.99. The summed E-state index contributed by atoms with van der Waals surface area (Å²) in [5.74, 6) is -3.46. The van der Waals surface area contributed by atoms with Gasteiger partial charge in [0.25, 0.3) is 0 Å². The number of nitrogens with zero attached hydrogens (tertiary/aromatic N) is 1. The fourth-order valence-electron chi connectivity index (χ4n) is 3.59. The molecule has 0 radical (unpaired) electrons. The van der Waals surface area contributed by atoms with Gasteiger partial charge in [0.15, 0.2) is 51.5 Å². The molecule has 3 rings (SSSR count). The van der Waals surface area contributed by atoms with Gasteiger partial charge in [-0.25, -0.2) is 9.78 Å². The number of aromatic nitrogens is 1. The van der Waals surface area contributed by atoms with Crippen LogP contribution in [-0.4, -0.2) is 48.5 Å². The van der Waals surface area contributed by atoms with Crippen LogP contribution in [0.3, 0.4) is 0 Å². The Kier molecular flexibility index (Phi) is 6.31. The maximum atomic E-state index is 13.1. The number of methoxy groups -OCH3 is 2. The predicted molar refractivity (Wildman–Crippen MR) is 117 cm³/mol. The van der Waals surface area contributed by atoms with Crippen molar-refractivity contribution in [3.05, 3.63) is 38.5 Å². The molecule has 0 N–H and O–H groups in total. The zero-order chi connectivity index (χ0) is 25.5. The Morgan fingerprint density at radius 1 is 0.853 bits per heavy atom. The average molecular weight is 469 g/mol. The number of rotatable bonds is 6. The van der Waals surface area contributed by atoms with Gasteiger partial charge in [-0.1, -0.05) is 0 Å². The highest BCUT2D eigenvalue weighted by Crippen LogP contribution is 2.41. The van der Waals surface area contributed by atoms with E-state index in [1.54, 1.807) is 0 Å². The minimum atomic E-state index is -1.14. The highest BCUT2D eigenvalue weighted by molar-refractivity contribution is 6.15. The Bertz CT molecular complexity index is 1450. The van der Waals surface area contributed by atoms with Gasteiger partial charge in [0.2, 0.25) is 5.43 Å². The lowest BCUT2D eigenvalue weighted by Gasteiger charge is -2.18. The lowest BCUT2D eigenvalue weighted by molar-refractivity contribution is 0.0977. The first-order chi connectivity index (χ1) is 15.9. The van der Waals surface area contributed by atoms with E-state index in [4.69, 9.17) is 13.9 Å². The van der Waals surface area contributed by atoms with E-state index in [-0.39, 0.29) is 45.2 Å². The van der Waals surface area contributed by atoms with E-state index in [1.807, 2.05) is 0 Å². The molecule has 1 aliphatic heterocycles. The summed E-state index contributed by atoms with van der Waals surface area (Å²) in [6.07, 6.45) is -1.14. The van der Waals surface area contributed by atoms with Gasteiger partial charge in [0.05, 0.1) is 30.9 Å². The SMILES string of the molecule is COC(=O)Oc1cc(C(C)=O)c(OC)c2oc3c(C(C)=O)c(=O)c(C(C)=O)c(C(C)=O)c-3nc12. The van der Waals surface area contributed by atoms with Gasteiger partial charge in [-0.3, -0.25) is 24.0 Å². The molecule has 1 aliphatic carbocycles. The molecule has 1 heterocycles. The van der Waals surface area contributed by atoms with Crippen LogP contribution >= 0.6 is 0 Å². The highest BCUT2D eigenvalue weighted by atomic mass is 16.7. The summed E-state index contributed by atoms with van der Waals surface area (Å²) < 4.78 is 20.8. The second-order valence-corrected chi connectivity index (χ2v) is 7.26. The first kappa shape index (κ1) is 24.2. The topological polar surface area (TPSA) is 156 Å². The molecule has 1 aromatic rings. The lowest BCUT2D eigenvalue weighted by Crippen LogP contribution is -2.27. The molecule has 0 aromatic heterocycles. The number of hydrogen-bond acceptors (Lipinski definition) is 11. The number of fused-ring (bicyclic) bond motifs is 2. The monoisotopic (exact) mass is 469 g/mol. The second kappa shape index (κ2) is 8.85. The third-order valence-electron chi connectivity index (χ3n) is 4.99. The molecule has 0 saturated carbocycles. The minimum Gasteiger partial charge on any atom is -0.492 e. The van der Waals surface area contributed by atoms with Gasteiger partial charge in [-0.15, -0.1) is 0 Å². The largest absolute Gasteiger partial charge is 0.513 e. The van der Waals surface area contributed by atoms with E-state index in [2.05, 4.69) is 9.72 Å². The van der Waals surface area contributed by atoms with Crippen LogP contribution in [0, 0.1) is 0 Å². The van der Waals surface area contributed by atoms with Gasteiger partial charge in [0.1, 0.15) is 11.3 Å². The van der Waals surface area contributed by atoms with Crippen molar-refractivity contribution in [1.29, 1.82) is 0 Å². The molecule has 11 heteroatoms. The highest BCUT2D eigenvalue weighted by Gasteiger charge is 2.34. The summed E-state index contributed by atoms with van der Waals surface area (Å²) in [5, 5.41) is 0. The molecule has 11 nitrogen and oxygen atoms in total. The fourth-order valence-corrected chi connectivity index (χ4v) is 3.59. The molecule has 176 valence electrons. The second-order valence-electron chi connectivity index (χ2n) is 7.26. The Labute approximate surface area is 191 Å². The molecule has 0 atom stereocenters. The zero-order valence-corrected chi connectivity index (χ0v) is 19.1. The standard InChI is InChI=1S/C23H19NO10/c1-8(25)12-7-13(33-23(30)32-6)17-22(20(12)31-5)34-21-16(11(4)28)19(29)15(10(3)27)14(9(2)26)18(21)24-17/h7H,1-6H3. The molecule has 0 saturated heterocycles. The van der Waals surface area contributed by atoms with E-state index < -0.39 is 45.8 Å². The van der Waals surface area contributed by atoms with Crippen LogP contribution in [0.25, 0.3) is 22.6 Å². The average Bonchev–Trinajstić information content (AvgIpc) is 2.75. The van der Waals surface area contributed by atoms with Crippen LogP contribution in [-0.2, 0) is 4.74 Å². The van der Waals surface area contributed by atoms with Crippen molar-refractivity contribution in [2.45, 2.75) is 27.7 Å². The van der Waals surface area contributed by atoms with Crippen molar-refractivity contribution in [2.24, 2.45) is 0 Å². The number of hydrogen-bond donors (Lipinski definition) is 0. The fraction of sp³-hybridized carbons (Fsp3) is 0.261. The number of benzene rings is 2. The third kappa shape index (κ3) is 3.81. The van der Waals surface area contributed by atoms with Crippen molar-refractivity contribution < 1.29 is 42.6 Å². The van der Waals surface area contributed by atoms with Gasteiger partial charge < -0.3 is 18.6 Å². The Morgan fingerprint density at radius 3 is 1.91 bits per heavy atom. The smallest absolute Gasteiger partial charge is 0.492 e. The molecule has 0 fully saturated rings. The molecule has 34 heavy (non-hydrogen) atoms. The van der Waals surface area contributed by atoms with Crippen LogP contribution in [0.5, 0.6) is 11.5 Å². The van der Waals surface area contributed by atoms with Crippen molar-refractivity contribution in [3.8, 4) is 23.0 Å². The molecule has 0 bridgehead atoms. The number of carbonyl (C=O) groups is 5. The van der Waals surface area contributed by atoms with Gasteiger partial charge in [-0.05, 0) is 33.8 Å². The number of Topliss-reactive ketones (excluding diaryl/α,β-unsaturated/α-hetero) is 4. The van der Waals surface area contributed by atoms with Gasteiger partial charge in [0, 0.05) is 0 Å². The molecular weight excluding hydrogens is 450 g/mol. The van der Waals surface area contributed by atoms with E-state index in [0.717, 1.165) is 27.9 Å². The normalized spacial score (nSPS) is 10.8. The van der Waals surface area contributed by atoms with E-state index >= 15 is 0 Å². The summed E-state index contributed by atoms with van der Waals surface area (Å²) in [4.78, 5) is 78.6. The Balaban J connectivity index is 2.71. The summed E-state index contributed by atoms with van der Waals surface area (Å²) in [6, 6.07) is 1.17. The minimum absolute atomic E-state index is 0.0577. The maximum Gasteiger partial charge on any atom is 0.513 e. The van der Waals surface area contributed by atoms with Gasteiger partial charge >= 0.3 is 6.16 Å². The van der Waals surface area contributed by atoms with Crippen LogP contribution in [0.4, 0.5) is 4.79 Å². The maximum absolute atomic E-state index is 13.1. The summed E-state index contributed by atoms with van der Waals surface area (Å²) in [7, 11) is 2.31. The van der Waals surface area contributed by atoms with Crippen LogP contribution in [0.2, 0.25) is 0 Å². The van der Waals surface area contributed by atoms with Crippen LogP contribution in [0.1, 0.15) is 69.1 Å². The number of ketones is 4. The van der Waals surface area contributed by atoms with Crippen molar-refractivity contribution in [3.63, 3.8) is 0 Å². The number of carbonyl (C=O) groups excluding carboxylic acids is 5. The van der Waals surface area contributed by atoms with Crippen molar-refractivity contribution in [1.82, 2.24) is 4.98 Å². The number of ether oxygens (including phenoxy) is 3. The van der Waals surface area contributed by atoms with Crippen molar-refractivity contribution in [2.75, 3.05) is 14.2 Å².